The fourth-order valence-electron chi connectivity index (χ4n) is 2.88. The van der Waals surface area contributed by atoms with E-state index >= 15 is 0 Å². The molecular weight excluding hydrogens is 442 g/mol. The summed E-state index contributed by atoms with van der Waals surface area (Å²) in [6.45, 7) is 2.33. The average Bonchev–Trinajstić information content (AvgIpc) is 3.21. The normalized spacial score (nSPS) is 18.8. The van der Waals surface area contributed by atoms with E-state index in [0.29, 0.717) is 24.1 Å². The van der Waals surface area contributed by atoms with Crippen molar-refractivity contribution < 1.29 is 17.6 Å². The van der Waals surface area contributed by atoms with Gasteiger partial charge in [-0.05, 0) is 41.4 Å². The Kier molecular flexibility index (Phi) is 6.03. The lowest BCUT2D eigenvalue weighted by Gasteiger charge is -2.26. The molecule has 140 valence electrons. The van der Waals surface area contributed by atoms with Crippen LogP contribution in [0.5, 0.6) is 0 Å². The molecule has 0 unspecified atom stereocenters. The van der Waals surface area contributed by atoms with Gasteiger partial charge in [0.1, 0.15) is 0 Å². The predicted molar refractivity (Wildman–Crippen MR) is 103 cm³/mol. The van der Waals surface area contributed by atoms with Crippen molar-refractivity contribution in [3.05, 3.63) is 28.7 Å². The molecule has 1 aliphatic rings. The quantitative estimate of drug-likeness (QED) is 0.612. The number of aromatic nitrogens is 2. The van der Waals surface area contributed by atoms with Gasteiger partial charge >= 0.3 is 0 Å². The number of halogens is 1. The number of rotatable bonds is 6. The molecule has 0 radical (unpaired) electrons. The SMILES string of the molecule is CCN(C(=O)CSc1nnc(-c2ccccc2Br)o1)[C@H]1CCS(=O)(=O)C1. The molecule has 0 saturated carbocycles. The van der Waals surface area contributed by atoms with E-state index in [0.717, 1.165) is 21.8 Å². The highest BCUT2D eigenvalue weighted by atomic mass is 79.9. The number of carbonyl (C=O) groups excluding carboxylic acids is 1. The summed E-state index contributed by atoms with van der Waals surface area (Å²) >= 11 is 4.59. The van der Waals surface area contributed by atoms with E-state index in [1.165, 1.54) is 0 Å². The Labute approximate surface area is 164 Å². The van der Waals surface area contributed by atoms with E-state index in [-0.39, 0.29) is 29.2 Å². The molecule has 10 heteroatoms. The standard InChI is InChI=1S/C16H18BrN3O4S2/c1-2-20(11-7-8-26(22,23)10-11)14(21)9-25-16-19-18-15(24-16)12-5-3-4-6-13(12)17/h3-6,11H,2,7-10H2,1H3/t11-/m0/s1. The second-order valence-corrected chi connectivity index (χ2v) is 9.89. The molecule has 0 bridgehead atoms. The molecule has 1 aromatic carbocycles. The number of thioether (sulfide) groups is 1. The third-order valence-corrected chi connectivity index (χ3v) is 7.39. The third-order valence-electron chi connectivity index (χ3n) is 4.14. The lowest BCUT2D eigenvalue weighted by Crippen LogP contribution is -2.41. The van der Waals surface area contributed by atoms with E-state index in [9.17, 15) is 13.2 Å². The van der Waals surface area contributed by atoms with Gasteiger partial charge in [0.05, 0.1) is 22.8 Å². The number of hydrogen-bond donors (Lipinski definition) is 0. The first-order valence-electron chi connectivity index (χ1n) is 8.10. The Balaban J connectivity index is 1.62. The lowest BCUT2D eigenvalue weighted by atomic mass is 10.2. The fraction of sp³-hybridized carbons (Fsp3) is 0.438. The Morgan fingerprint density at radius 2 is 2.15 bits per heavy atom. The lowest BCUT2D eigenvalue weighted by molar-refractivity contribution is -0.129. The zero-order valence-corrected chi connectivity index (χ0v) is 17.3. The van der Waals surface area contributed by atoms with Crippen LogP contribution >= 0.6 is 27.7 Å². The van der Waals surface area contributed by atoms with Crippen LogP contribution in [0, 0.1) is 0 Å². The summed E-state index contributed by atoms with van der Waals surface area (Å²) < 4.78 is 29.8. The van der Waals surface area contributed by atoms with Crippen molar-refractivity contribution in [3.8, 4) is 11.5 Å². The van der Waals surface area contributed by atoms with Crippen LogP contribution in [0.2, 0.25) is 0 Å². The molecule has 0 N–H and O–H groups in total. The summed E-state index contributed by atoms with van der Waals surface area (Å²) in [4.78, 5) is 14.1. The van der Waals surface area contributed by atoms with Gasteiger partial charge in [-0.25, -0.2) is 8.42 Å². The average molecular weight is 460 g/mol. The van der Waals surface area contributed by atoms with E-state index < -0.39 is 9.84 Å². The van der Waals surface area contributed by atoms with Gasteiger partial charge < -0.3 is 9.32 Å². The highest BCUT2D eigenvalue weighted by molar-refractivity contribution is 9.10. The van der Waals surface area contributed by atoms with Crippen LogP contribution in [-0.2, 0) is 14.6 Å². The number of nitrogens with zero attached hydrogens (tertiary/aromatic N) is 3. The summed E-state index contributed by atoms with van der Waals surface area (Å²) in [6, 6.07) is 7.26. The van der Waals surface area contributed by atoms with Gasteiger partial charge in [0.25, 0.3) is 5.22 Å². The van der Waals surface area contributed by atoms with Crippen LogP contribution in [0.1, 0.15) is 13.3 Å². The van der Waals surface area contributed by atoms with Crippen molar-refractivity contribution >= 4 is 43.4 Å². The van der Waals surface area contributed by atoms with Gasteiger partial charge in [0.2, 0.25) is 11.8 Å². The van der Waals surface area contributed by atoms with E-state index in [4.69, 9.17) is 4.42 Å². The topological polar surface area (TPSA) is 93.4 Å². The molecule has 1 saturated heterocycles. The van der Waals surface area contributed by atoms with Gasteiger partial charge in [-0.15, -0.1) is 10.2 Å². The van der Waals surface area contributed by atoms with Crippen molar-refractivity contribution in [1.29, 1.82) is 0 Å². The number of hydrogen-bond acceptors (Lipinski definition) is 7. The van der Waals surface area contributed by atoms with Crippen molar-refractivity contribution in [2.45, 2.75) is 24.6 Å². The Bertz CT molecular complexity index is 900. The molecule has 26 heavy (non-hydrogen) atoms. The second kappa shape index (κ2) is 8.10. The summed E-state index contributed by atoms with van der Waals surface area (Å²) in [5.41, 5.74) is 0.782. The molecule has 2 heterocycles. The smallest absolute Gasteiger partial charge is 0.277 e. The van der Waals surface area contributed by atoms with E-state index in [2.05, 4.69) is 26.1 Å². The summed E-state index contributed by atoms with van der Waals surface area (Å²) in [5, 5.41) is 8.29. The van der Waals surface area contributed by atoms with E-state index in [1.54, 1.807) is 4.90 Å². The molecule has 1 aliphatic heterocycles. The molecule has 0 aliphatic carbocycles. The maximum Gasteiger partial charge on any atom is 0.277 e. The molecule has 1 atom stereocenters. The molecule has 1 amide bonds. The minimum absolute atomic E-state index is 0.0456. The summed E-state index contributed by atoms with van der Waals surface area (Å²) in [5.74, 6) is 0.571. The van der Waals surface area contributed by atoms with Crippen molar-refractivity contribution in [2.75, 3.05) is 23.8 Å². The maximum atomic E-state index is 12.5. The molecule has 7 nitrogen and oxygen atoms in total. The van der Waals surface area contributed by atoms with Crippen LogP contribution in [-0.4, -0.2) is 59.3 Å². The first-order chi connectivity index (χ1) is 12.4. The minimum atomic E-state index is -3.03. The monoisotopic (exact) mass is 459 g/mol. The number of amides is 1. The van der Waals surface area contributed by atoms with Gasteiger partial charge in [0.15, 0.2) is 9.84 Å². The summed E-state index contributed by atoms with van der Waals surface area (Å²) in [7, 11) is -3.03. The second-order valence-electron chi connectivity index (χ2n) is 5.88. The zero-order valence-electron chi connectivity index (χ0n) is 14.1. The summed E-state index contributed by atoms with van der Waals surface area (Å²) in [6.07, 6.45) is 0.499. The van der Waals surface area contributed by atoms with Gasteiger partial charge in [-0.3, -0.25) is 4.79 Å². The third kappa shape index (κ3) is 4.47. The Morgan fingerprint density at radius 1 is 1.38 bits per heavy atom. The molecular formula is C16H18BrN3O4S2. The van der Waals surface area contributed by atoms with Crippen LogP contribution in [0.25, 0.3) is 11.5 Å². The molecule has 1 aromatic heterocycles. The highest BCUT2D eigenvalue weighted by Crippen LogP contribution is 2.29. The fourth-order valence-corrected chi connectivity index (χ4v) is 5.71. The first-order valence-corrected chi connectivity index (χ1v) is 11.7. The predicted octanol–water partition coefficient (Wildman–Crippen LogP) is 2.63. The first kappa shape index (κ1) is 19.4. The van der Waals surface area contributed by atoms with Crippen LogP contribution in [0.15, 0.2) is 38.4 Å². The Hall–Kier alpha value is -1.39. The van der Waals surface area contributed by atoms with Crippen molar-refractivity contribution in [1.82, 2.24) is 15.1 Å². The van der Waals surface area contributed by atoms with Crippen LogP contribution < -0.4 is 0 Å². The minimum Gasteiger partial charge on any atom is -0.411 e. The maximum absolute atomic E-state index is 12.5. The van der Waals surface area contributed by atoms with Gasteiger partial charge in [-0.2, -0.15) is 0 Å². The largest absolute Gasteiger partial charge is 0.411 e. The van der Waals surface area contributed by atoms with Crippen LogP contribution in [0.4, 0.5) is 0 Å². The van der Waals surface area contributed by atoms with E-state index in [1.807, 2.05) is 31.2 Å². The molecule has 3 rings (SSSR count). The molecule has 1 fully saturated rings. The molecule has 0 spiro atoms. The number of sulfone groups is 1. The zero-order chi connectivity index (χ0) is 18.7. The van der Waals surface area contributed by atoms with Crippen LogP contribution in [0.3, 0.4) is 0 Å². The molecule has 2 aromatic rings. The highest BCUT2D eigenvalue weighted by Gasteiger charge is 2.33. The number of carbonyl (C=O) groups is 1. The van der Waals surface area contributed by atoms with Crippen molar-refractivity contribution in [3.63, 3.8) is 0 Å². The van der Waals surface area contributed by atoms with Gasteiger partial charge in [0, 0.05) is 17.1 Å². The van der Waals surface area contributed by atoms with Crippen molar-refractivity contribution in [2.24, 2.45) is 0 Å². The Morgan fingerprint density at radius 3 is 2.81 bits per heavy atom. The van der Waals surface area contributed by atoms with Gasteiger partial charge in [-0.1, -0.05) is 23.9 Å². The number of benzene rings is 1.